The topological polar surface area (TPSA) is 82.8 Å². The Hall–Kier alpha value is -1.82. The molecule has 0 bridgehead atoms. The van der Waals surface area contributed by atoms with E-state index in [1.165, 1.54) is 0 Å². The van der Waals surface area contributed by atoms with E-state index in [0.29, 0.717) is 25.4 Å². The number of carbonyl (C=O) groups is 2. The number of nitrogens with one attached hydrogen (secondary N) is 1. The summed E-state index contributed by atoms with van der Waals surface area (Å²) in [6.45, 7) is 3.45. The fourth-order valence-corrected chi connectivity index (χ4v) is 1.46. The SMILES string of the molecule is CCN(CCC(=O)O)CC(=O)NCc1ccco1. The van der Waals surface area contributed by atoms with Gasteiger partial charge in [0.25, 0.3) is 0 Å². The van der Waals surface area contributed by atoms with Gasteiger partial charge in [0.2, 0.25) is 5.91 Å². The van der Waals surface area contributed by atoms with Gasteiger partial charge in [0.15, 0.2) is 0 Å². The molecule has 1 rings (SSSR count). The van der Waals surface area contributed by atoms with Crippen LogP contribution in [-0.4, -0.2) is 41.5 Å². The monoisotopic (exact) mass is 254 g/mol. The second-order valence-corrected chi connectivity index (χ2v) is 3.87. The highest BCUT2D eigenvalue weighted by Crippen LogP contribution is 1.98. The predicted molar refractivity (Wildman–Crippen MR) is 64.9 cm³/mol. The molecule has 2 N–H and O–H groups in total. The summed E-state index contributed by atoms with van der Waals surface area (Å²) in [4.78, 5) is 23.8. The van der Waals surface area contributed by atoms with Crippen LogP contribution in [0.4, 0.5) is 0 Å². The maximum Gasteiger partial charge on any atom is 0.304 e. The van der Waals surface area contributed by atoms with Crippen molar-refractivity contribution in [2.24, 2.45) is 0 Å². The second kappa shape index (κ2) is 7.50. The van der Waals surface area contributed by atoms with Crippen LogP contribution in [0.1, 0.15) is 19.1 Å². The summed E-state index contributed by atoms with van der Waals surface area (Å²) in [5.74, 6) is -0.306. The third-order valence-corrected chi connectivity index (χ3v) is 2.50. The van der Waals surface area contributed by atoms with E-state index in [1.54, 1.807) is 23.3 Å². The third kappa shape index (κ3) is 5.49. The van der Waals surface area contributed by atoms with Gasteiger partial charge < -0.3 is 14.8 Å². The number of nitrogens with zero attached hydrogens (tertiary/aromatic N) is 1. The highest BCUT2D eigenvalue weighted by molar-refractivity contribution is 5.78. The lowest BCUT2D eigenvalue weighted by Gasteiger charge is -2.18. The number of rotatable bonds is 8. The van der Waals surface area contributed by atoms with Gasteiger partial charge in [0.1, 0.15) is 5.76 Å². The molecule has 18 heavy (non-hydrogen) atoms. The molecule has 0 aliphatic heterocycles. The van der Waals surface area contributed by atoms with Crippen LogP contribution in [0.15, 0.2) is 22.8 Å². The molecule has 0 saturated carbocycles. The quantitative estimate of drug-likeness (QED) is 0.713. The normalized spacial score (nSPS) is 10.6. The van der Waals surface area contributed by atoms with Gasteiger partial charge in [-0.15, -0.1) is 0 Å². The van der Waals surface area contributed by atoms with Crippen molar-refractivity contribution in [3.8, 4) is 0 Å². The van der Waals surface area contributed by atoms with Crippen LogP contribution < -0.4 is 5.32 Å². The second-order valence-electron chi connectivity index (χ2n) is 3.87. The average Bonchev–Trinajstić information content (AvgIpc) is 2.84. The van der Waals surface area contributed by atoms with Gasteiger partial charge in [-0.25, -0.2) is 0 Å². The average molecular weight is 254 g/mol. The highest BCUT2D eigenvalue weighted by Gasteiger charge is 2.10. The molecule has 1 aromatic heterocycles. The van der Waals surface area contributed by atoms with Crippen molar-refractivity contribution < 1.29 is 19.1 Å². The number of furan rings is 1. The number of hydrogen-bond donors (Lipinski definition) is 2. The van der Waals surface area contributed by atoms with Crippen LogP contribution in [0.25, 0.3) is 0 Å². The largest absolute Gasteiger partial charge is 0.481 e. The van der Waals surface area contributed by atoms with E-state index < -0.39 is 5.97 Å². The summed E-state index contributed by atoms with van der Waals surface area (Å²) in [6, 6.07) is 3.54. The van der Waals surface area contributed by atoms with Crippen molar-refractivity contribution in [2.45, 2.75) is 19.9 Å². The molecule has 1 heterocycles. The minimum Gasteiger partial charge on any atom is -0.481 e. The fourth-order valence-electron chi connectivity index (χ4n) is 1.46. The minimum absolute atomic E-state index is 0.0410. The van der Waals surface area contributed by atoms with Crippen LogP contribution in [-0.2, 0) is 16.1 Å². The molecule has 0 spiro atoms. The summed E-state index contributed by atoms with van der Waals surface area (Å²) in [5, 5.41) is 11.3. The lowest BCUT2D eigenvalue weighted by Crippen LogP contribution is -2.37. The smallest absolute Gasteiger partial charge is 0.304 e. The molecule has 6 nitrogen and oxygen atoms in total. The number of likely N-dealkylation sites (N-methyl/N-ethyl adjacent to an activating group) is 1. The molecule has 0 unspecified atom stereocenters. The molecule has 0 aliphatic carbocycles. The number of carboxylic acid groups (broad SMARTS) is 1. The molecule has 0 radical (unpaired) electrons. The summed E-state index contributed by atoms with van der Waals surface area (Å²) in [7, 11) is 0. The fraction of sp³-hybridized carbons (Fsp3) is 0.500. The van der Waals surface area contributed by atoms with Crippen molar-refractivity contribution in [1.82, 2.24) is 10.2 Å². The molecule has 0 fully saturated rings. The molecule has 100 valence electrons. The van der Waals surface area contributed by atoms with Gasteiger partial charge in [0, 0.05) is 6.54 Å². The summed E-state index contributed by atoms with van der Waals surface area (Å²) < 4.78 is 5.09. The standard InChI is InChI=1S/C12H18N2O4/c1-2-14(6-5-12(16)17)9-11(15)13-8-10-4-3-7-18-10/h3-4,7H,2,5-6,8-9H2,1H3,(H,13,15)(H,16,17). The Morgan fingerprint density at radius 1 is 1.50 bits per heavy atom. The zero-order valence-electron chi connectivity index (χ0n) is 10.4. The van der Waals surface area contributed by atoms with Gasteiger partial charge >= 0.3 is 5.97 Å². The van der Waals surface area contributed by atoms with Gasteiger partial charge in [-0.05, 0) is 18.7 Å². The Bertz CT molecular complexity index is 375. The van der Waals surface area contributed by atoms with Crippen molar-refractivity contribution in [3.63, 3.8) is 0 Å². The van der Waals surface area contributed by atoms with Crippen LogP contribution in [0.5, 0.6) is 0 Å². The Kier molecular flexibility index (Phi) is 5.93. The Balaban J connectivity index is 2.26. The Morgan fingerprint density at radius 3 is 2.83 bits per heavy atom. The zero-order valence-corrected chi connectivity index (χ0v) is 10.4. The Morgan fingerprint density at radius 2 is 2.28 bits per heavy atom. The molecule has 0 saturated heterocycles. The third-order valence-electron chi connectivity index (χ3n) is 2.50. The first-order valence-corrected chi connectivity index (χ1v) is 5.85. The summed E-state index contributed by atoms with van der Waals surface area (Å²) in [5.41, 5.74) is 0. The zero-order chi connectivity index (χ0) is 13.4. The van der Waals surface area contributed by atoms with E-state index in [4.69, 9.17) is 9.52 Å². The van der Waals surface area contributed by atoms with E-state index in [0.717, 1.165) is 0 Å². The van der Waals surface area contributed by atoms with Crippen LogP contribution in [0, 0.1) is 0 Å². The van der Waals surface area contributed by atoms with E-state index in [2.05, 4.69) is 5.32 Å². The number of amides is 1. The van der Waals surface area contributed by atoms with Crippen LogP contribution in [0.3, 0.4) is 0 Å². The van der Waals surface area contributed by atoms with E-state index in [-0.39, 0.29) is 18.9 Å². The maximum atomic E-state index is 11.6. The number of carboxylic acids is 1. The molecule has 0 atom stereocenters. The number of aliphatic carboxylic acids is 1. The van der Waals surface area contributed by atoms with E-state index in [9.17, 15) is 9.59 Å². The van der Waals surface area contributed by atoms with E-state index >= 15 is 0 Å². The number of carbonyl (C=O) groups excluding carboxylic acids is 1. The molecule has 1 amide bonds. The predicted octanol–water partition coefficient (Wildman–Crippen LogP) is 0.692. The van der Waals surface area contributed by atoms with Gasteiger partial charge in [-0.1, -0.05) is 6.92 Å². The summed E-state index contributed by atoms with van der Waals surface area (Å²) >= 11 is 0. The van der Waals surface area contributed by atoms with Crippen molar-refractivity contribution in [1.29, 1.82) is 0 Å². The highest BCUT2D eigenvalue weighted by atomic mass is 16.4. The first-order valence-electron chi connectivity index (χ1n) is 5.85. The van der Waals surface area contributed by atoms with Crippen molar-refractivity contribution in [2.75, 3.05) is 19.6 Å². The summed E-state index contributed by atoms with van der Waals surface area (Å²) in [6.07, 6.45) is 1.59. The maximum absolute atomic E-state index is 11.6. The van der Waals surface area contributed by atoms with Crippen LogP contribution in [0.2, 0.25) is 0 Å². The van der Waals surface area contributed by atoms with E-state index in [1.807, 2.05) is 6.92 Å². The van der Waals surface area contributed by atoms with Gasteiger partial charge in [-0.2, -0.15) is 0 Å². The molecule has 6 heteroatoms. The molecular weight excluding hydrogens is 236 g/mol. The van der Waals surface area contributed by atoms with Crippen molar-refractivity contribution in [3.05, 3.63) is 24.2 Å². The lowest BCUT2D eigenvalue weighted by atomic mass is 10.3. The number of hydrogen-bond acceptors (Lipinski definition) is 4. The molecule has 0 aliphatic rings. The van der Waals surface area contributed by atoms with Gasteiger partial charge in [0.05, 0.1) is 25.8 Å². The first-order chi connectivity index (χ1) is 8.61. The lowest BCUT2D eigenvalue weighted by molar-refractivity contribution is -0.137. The van der Waals surface area contributed by atoms with Gasteiger partial charge in [-0.3, -0.25) is 14.5 Å². The molecular formula is C12H18N2O4. The molecule has 1 aromatic rings. The molecule has 0 aromatic carbocycles. The van der Waals surface area contributed by atoms with Crippen molar-refractivity contribution >= 4 is 11.9 Å². The Labute approximate surface area is 106 Å². The van der Waals surface area contributed by atoms with Crippen LogP contribution >= 0.6 is 0 Å². The first kappa shape index (κ1) is 14.2. The minimum atomic E-state index is -0.857.